The number of aromatic amines is 1. The zero-order chi connectivity index (χ0) is 16.1. The highest BCUT2D eigenvalue weighted by Gasteiger charge is 2.07. The van der Waals surface area contributed by atoms with E-state index in [1.807, 2.05) is 30.3 Å². The fourth-order valence-corrected chi connectivity index (χ4v) is 2.81. The van der Waals surface area contributed by atoms with Gasteiger partial charge in [-0.05, 0) is 23.3 Å². The van der Waals surface area contributed by atoms with Crippen LogP contribution in [0, 0.1) is 5.82 Å². The first-order chi connectivity index (χ1) is 11.2. The average Bonchev–Trinajstić information content (AvgIpc) is 2.57. The van der Waals surface area contributed by atoms with Crippen molar-refractivity contribution < 1.29 is 4.39 Å². The quantitative estimate of drug-likeness (QED) is 0.731. The summed E-state index contributed by atoms with van der Waals surface area (Å²) in [5.74, 6) is 0.320. The molecule has 0 spiro atoms. The van der Waals surface area contributed by atoms with E-state index in [-0.39, 0.29) is 11.4 Å². The smallest absolute Gasteiger partial charge is 0.273 e. The molecular weight excluding hydrogens is 313 g/mol. The molecule has 3 rings (SSSR count). The van der Waals surface area contributed by atoms with E-state index in [2.05, 4.69) is 15.2 Å². The van der Waals surface area contributed by atoms with E-state index in [1.54, 1.807) is 12.1 Å². The topological polar surface area (TPSA) is 58.6 Å². The van der Waals surface area contributed by atoms with Gasteiger partial charge < -0.3 is 0 Å². The largest absolute Gasteiger partial charge is 0.298 e. The summed E-state index contributed by atoms with van der Waals surface area (Å²) in [4.78, 5) is 14.8. The summed E-state index contributed by atoms with van der Waals surface area (Å²) in [6, 6.07) is 15.9. The highest BCUT2D eigenvalue weighted by Crippen LogP contribution is 2.18. The second-order valence-electron chi connectivity index (χ2n) is 4.98. The summed E-state index contributed by atoms with van der Waals surface area (Å²) in [5.41, 5.74) is 2.12. The van der Waals surface area contributed by atoms with E-state index < -0.39 is 0 Å². The maximum absolute atomic E-state index is 12.8. The van der Waals surface area contributed by atoms with Gasteiger partial charge in [0.15, 0.2) is 5.16 Å². The minimum absolute atomic E-state index is 0.231. The third kappa shape index (κ3) is 4.26. The molecule has 0 aliphatic rings. The number of thioether (sulfide) groups is 1. The average molecular weight is 327 g/mol. The number of hydrogen-bond donors (Lipinski definition) is 1. The molecule has 0 radical (unpaired) electrons. The molecule has 116 valence electrons. The Morgan fingerprint density at radius 2 is 1.70 bits per heavy atom. The number of benzene rings is 2. The van der Waals surface area contributed by atoms with E-state index >= 15 is 0 Å². The Hall–Kier alpha value is -2.47. The molecule has 0 amide bonds. The Balaban J connectivity index is 1.67. The molecular formula is C17H14FN3OS. The molecule has 1 heterocycles. The first kappa shape index (κ1) is 15.4. The molecule has 0 saturated carbocycles. The maximum Gasteiger partial charge on any atom is 0.273 e. The first-order valence-corrected chi connectivity index (χ1v) is 8.06. The van der Waals surface area contributed by atoms with Gasteiger partial charge in [0.2, 0.25) is 0 Å². The van der Waals surface area contributed by atoms with Crippen molar-refractivity contribution in [2.75, 3.05) is 0 Å². The van der Waals surface area contributed by atoms with E-state index in [1.165, 1.54) is 23.9 Å². The van der Waals surface area contributed by atoms with Gasteiger partial charge in [-0.25, -0.2) is 4.39 Å². The SMILES string of the molecule is O=c1[nH]c(SCc2ccc(F)cc2)nnc1Cc1ccccc1. The van der Waals surface area contributed by atoms with Gasteiger partial charge in [0.05, 0.1) is 0 Å². The molecule has 23 heavy (non-hydrogen) atoms. The van der Waals surface area contributed by atoms with Crippen LogP contribution < -0.4 is 5.56 Å². The number of halogens is 1. The maximum atomic E-state index is 12.8. The Kier molecular flexibility index (Phi) is 4.83. The van der Waals surface area contributed by atoms with Crippen LogP contribution in [0.3, 0.4) is 0 Å². The normalized spacial score (nSPS) is 10.7. The molecule has 0 fully saturated rings. The van der Waals surface area contributed by atoms with Gasteiger partial charge in [-0.15, -0.1) is 10.2 Å². The van der Waals surface area contributed by atoms with Gasteiger partial charge in [-0.3, -0.25) is 9.78 Å². The zero-order valence-corrected chi connectivity index (χ0v) is 13.0. The Morgan fingerprint density at radius 3 is 2.39 bits per heavy atom. The van der Waals surface area contributed by atoms with Gasteiger partial charge in [0, 0.05) is 12.2 Å². The van der Waals surface area contributed by atoms with Gasteiger partial charge in [-0.1, -0.05) is 54.2 Å². The van der Waals surface area contributed by atoms with Crippen molar-refractivity contribution in [3.63, 3.8) is 0 Å². The van der Waals surface area contributed by atoms with Crippen LogP contribution in [0.15, 0.2) is 64.5 Å². The van der Waals surface area contributed by atoms with Crippen molar-refractivity contribution >= 4 is 11.8 Å². The standard InChI is InChI=1S/C17H14FN3OS/c18-14-8-6-13(7-9-14)11-23-17-19-16(22)15(20-21-17)10-12-4-2-1-3-5-12/h1-9H,10-11H2,(H,19,21,22). The highest BCUT2D eigenvalue weighted by molar-refractivity contribution is 7.98. The molecule has 1 aromatic heterocycles. The molecule has 4 nitrogen and oxygen atoms in total. The molecule has 0 bridgehead atoms. The van der Waals surface area contributed by atoms with Crippen molar-refractivity contribution in [2.45, 2.75) is 17.3 Å². The molecule has 0 aliphatic carbocycles. The zero-order valence-electron chi connectivity index (χ0n) is 12.2. The van der Waals surface area contributed by atoms with E-state index in [4.69, 9.17) is 0 Å². The molecule has 0 unspecified atom stereocenters. The lowest BCUT2D eigenvalue weighted by atomic mass is 10.1. The van der Waals surface area contributed by atoms with Crippen LogP contribution in [-0.2, 0) is 12.2 Å². The second kappa shape index (κ2) is 7.19. The fourth-order valence-electron chi connectivity index (χ4n) is 2.05. The van der Waals surface area contributed by atoms with Crippen molar-refractivity contribution in [1.82, 2.24) is 15.2 Å². The van der Waals surface area contributed by atoms with Crippen LogP contribution in [0.4, 0.5) is 4.39 Å². The summed E-state index contributed by atoms with van der Waals surface area (Å²) in [5, 5.41) is 8.53. The predicted molar refractivity (Wildman–Crippen MR) is 87.9 cm³/mol. The van der Waals surface area contributed by atoms with Gasteiger partial charge >= 0.3 is 0 Å². The number of hydrogen-bond acceptors (Lipinski definition) is 4. The minimum Gasteiger partial charge on any atom is -0.298 e. The van der Waals surface area contributed by atoms with Crippen LogP contribution in [0.1, 0.15) is 16.8 Å². The van der Waals surface area contributed by atoms with Crippen molar-refractivity contribution in [1.29, 1.82) is 0 Å². The van der Waals surface area contributed by atoms with E-state index in [0.717, 1.165) is 11.1 Å². The molecule has 1 N–H and O–H groups in total. The molecule has 0 aliphatic heterocycles. The van der Waals surface area contributed by atoms with Crippen molar-refractivity contribution in [3.05, 3.63) is 87.6 Å². The fraction of sp³-hybridized carbons (Fsp3) is 0.118. The lowest BCUT2D eigenvalue weighted by molar-refractivity contribution is 0.627. The minimum atomic E-state index is -0.266. The van der Waals surface area contributed by atoms with Crippen molar-refractivity contribution in [2.24, 2.45) is 0 Å². The summed E-state index contributed by atoms with van der Waals surface area (Å²) in [6.45, 7) is 0. The number of aromatic nitrogens is 3. The van der Waals surface area contributed by atoms with Crippen LogP contribution in [0.5, 0.6) is 0 Å². The Labute approximate surface area is 136 Å². The summed E-state index contributed by atoms with van der Waals surface area (Å²) < 4.78 is 12.8. The van der Waals surface area contributed by atoms with Crippen LogP contribution >= 0.6 is 11.8 Å². The lowest BCUT2D eigenvalue weighted by Crippen LogP contribution is -2.17. The monoisotopic (exact) mass is 327 g/mol. The number of rotatable bonds is 5. The van der Waals surface area contributed by atoms with E-state index in [9.17, 15) is 9.18 Å². The van der Waals surface area contributed by atoms with Crippen LogP contribution in [0.25, 0.3) is 0 Å². The molecule has 3 aromatic rings. The van der Waals surface area contributed by atoms with Crippen molar-refractivity contribution in [3.8, 4) is 0 Å². The summed E-state index contributed by atoms with van der Waals surface area (Å²) >= 11 is 1.36. The first-order valence-electron chi connectivity index (χ1n) is 7.08. The molecule has 0 saturated heterocycles. The number of nitrogens with zero attached hydrogens (tertiary/aromatic N) is 2. The van der Waals surface area contributed by atoms with Gasteiger partial charge in [0.25, 0.3) is 5.56 Å². The van der Waals surface area contributed by atoms with Crippen LogP contribution in [-0.4, -0.2) is 15.2 Å². The van der Waals surface area contributed by atoms with Gasteiger partial charge in [-0.2, -0.15) is 0 Å². The Bertz CT molecular complexity index is 834. The third-order valence-electron chi connectivity index (χ3n) is 3.25. The second-order valence-corrected chi connectivity index (χ2v) is 5.95. The molecule has 0 atom stereocenters. The van der Waals surface area contributed by atoms with Gasteiger partial charge in [0.1, 0.15) is 11.5 Å². The molecule has 6 heteroatoms. The molecule has 2 aromatic carbocycles. The highest BCUT2D eigenvalue weighted by atomic mass is 32.2. The Morgan fingerprint density at radius 1 is 0.957 bits per heavy atom. The predicted octanol–water partition coefficient (Wildman–Crippen LogP) is 3.19. The van der Waals surface area contributed by atoms with Crippen LogP contribution in [0.2, 0.25) is 0 Å². The third-order valence-corrected chi connectivity index (χ3v) is 4.18. The summed E-state index contributed by atoms with van der Waals surface area (Å²) in [7, 11) is 0. The summed E-state index contributed by atoms with van der Waals surface area (Å²) in [6.07, 6.45) is 0.450. The number of nitrogens with one attached hydrogen (secondary N) is 1. The van der Waals surface area contributed by atoms with E-state index in [0.29, 0.717) is 23.0 Å². The lowest BCUT2D eigenvalue weighted by Gasteiger charge is -2.03. The number of H-pyrrole nitrogens is 1.